The second kappa shape index (κ2) is 9.01. The molecular formula is C23H28N4O4S. The van der Waals surface area contributed by atoms with E-state index in [1.54, 1.807) is 36.4 Å². The maximum absolute atomic E-state index is 12.8. The minimum atomic E-state index is -3.55. The van der Waals surface area contributed by atoms with Gasteiger partial charge in [-0.25, -0.2) is 8.42 Å². The van der Waals surface area contributed by atoms with Crippen molar-refractivity contribution in [3.8, 4) is 0 Å². The number of amides is 2. The number of nitrogens with one attached hydrogen (secondary N) is 2. The topological polar surface area (TPSA) is 98.8 Å². The van der Waals surface area contributed by atoms with E-state index in [-0.39, 0.29) is 22.6 Å². The van der Waals surface area contributed by atoms with Gasteiger partial charge in [-0.2, -0.15) is 4.31 Å². The van der Waals surface area contributed by atoms with Crippen molar-refractivity contribution in [3.63, 3.8) is 0 Å². The second-order valence-corrected chi connectivity index (χ2v) is 10.5. The van der Waals surface area contributed by atoms with Crippen LogP contribution in [0.3, 0.4) is 0 Å². The molecule has 2 atom stereocenters. The van der Waals surface area contributed by atoms with Crippen molar-refractivity contribution >= 4 is 33.2 Å². The van der Waals surface area contributed by atoms with Crippen LogP contribution in [0, 0.1) is 11.8 Å². The zero-order valence-electron chi connectivity index (χ0n) is 18.2. The maximum atomic E-state index is 12.8. The van der Waals surface area contributed by atoms with E-state index in [0.29, 0.717) is 49.0 Å². The van der Waals surface area contributed by atoms with Crippen molar-refractivity contribution in [2.24, 2.45) is 11.8 Å². The number of rotatable bonds is 6. The van der Waals surface area contributed by atoms with E-state index in [1.807, 2.05) is 14.0 Å². The van der Waals surface area contributed by atoms with Crippen LogP contribution in [0.1, 0.15) is 23.7 Å². The summed E-state index contributed by atoms with van der Waals surface area (Å²) >= 11 is 0. The lowest BCUT2D eigenvalue weighted by Crippen LogP contribution is -2.46. The van der Waals surface area contributed by atoms with Crippen molar-refractivity contribution in [3.05, 3.63) is 54.1 Å². The van der Waals surface area contributed by atoms with Crippen LogP contribution >= 0.6 is 0 Å². The van der Waals surface area contributed by atoms with Crippen LogP contribution in [0.4, 0.5) is 11.4 Å². The summed E-state index contributed by atoms with van der Waals surface area (Å²) in [7, 11) is -1.58. The number of piperazine rings is 1. The van der Waals surface area contributed by atoms with Crippen LogP contribution in [0.5, 0.6) is 0 Å². The molecule has 0 aromatic heterocycles. The molecular weight excluding hydrogens is 428 g/mol. The third-order valence-corrected chi connectivity index (χ3v) is 7.96. The molecule has 1 saturated carbocycles. The van der Waals surface area contributed by atoms with Gasteiger partial charge in [0.1, 0.15) is 0 Å². The molecule has 2 fully saturated rings. The smallest absolute Gasteiger partial charge is 0.255 e. The van der Waals surface area contributed by atoms with Crippen molar-refractivity contribution in [1.29, 1.82) is 0 Å². The first kappa shape index (κ1) is 22.4. The molecule has 32 heavy (non-hydrogen) atoms. The van der Waals surface area contributed by atoms with E-state index < -0.39 is 10.0 Å². The maximum Gasteiger partial charge on any atom is 0.255 e. The number of carbonyl (C=O) groups excluding carboxylic acids is 2. The molecule has 1 aliphatic heterocycles. The molecule has 2 unspecified atom stereocenters. The van der Waals surface area contributed by atoms with Crippen LogP contribution in [0.2, 0.25) is 0 Å². The molecule has 1 heterocycles. The normalized spacial score (nSPS) is 21.7. The molecule has 2 N–H and O–H groups in total. The highest BCUT2D eigenvalue weighted by molar-refractivity contribution is 7.89. The highest BCUT2D eigenvalue weighted by Crippen LogP contribution is 2.38. The number of benzene rings is 2. The fourth-order valence-corrected chi connectivity index (χ4v) is 5.17. The highest BCUT2D eigenvalue weighted by atomic mass is 32.2. The van der Waals surface area contributed by atoms with Crippen molar-refractivity contribution in [1.82, 2.24) is 9.21 Å². The third-order valence-electron chi connectivity index (χ3n) is 6.05. The zero-order chi connectivity index (χ0) is 22.9. The van der Waals surface area contributed by atoms with E-state index in [2.05, 4.69) is 15.5 Å². The van der Waals surface area contributed by atoms with Gasteiger partial charge < -0.3 is 15.5 Å². The van der Waals surface area contributed by atoms with Crippen LogP contribution in [-0.2, 0) is 14.8 Å². The lowest BCUT2D eigenvalue weighted by atomic mass is 10.1. The number of likely N-dealkylation sites (N-methyl/N-ethyl adjacent to an activating group) is 1. The first-order chi connectivity index (χ1) is 15.2. The molecule has 4 rings (SSSR count). The van der Waals surface area contributed by atoms with E-state index >= 15 is 0 Å². The zero-order valence-corrected chi connectivity index (χ0v) is 19.1. The van der Waals surface area contributed by atoms with Crippen molar-refractivity contribution in [2.45, 2.75) is 18.2 Å². The van der Waals surface area contributed by atoms with Crippen LogP contribution < -0.4 is 10.6 Å². The fourth-order valence-electron chi connectivity index (χ4n) is 3.75. The van der Waals surface area contributed by atoms with Gasteiger partial charge in [0, 0.05) is 49.0 Å². The van der Waals surface area contributed by atoms with Crippen LogP contribution in [0.15, 0.2) is 53.4 Å². The summed E-state index contributed by atoms with van der Waals surface area (Å²) in [6.45, 7) is 4.36. The summed E-state index contributed by atoms with van der Waals surface area (Å²) in [6, 6.07) is 12.9. The number of hydrogen-bond donors (Lipinski definition) is 2. The Labute approximate surface area is 188 Å². The molecule has 9 heteroatoms. The van der Waals surface area contributed by atoms with Gasteiger partial charge in [0.05, 0.1) is 4.90 Å². The summed E-state index contributed by atoms with van der Waals surface area (Å²) in [6.07, 6.45) is 0.895. The van der Waals surface area contributed by atoms with E-state index in [4.69, 9.17) is 0 Å². The van der Waals surface area contributed by atoms with Gasteiger partial charge in [-0.3, -0.25) is 9.59 Å². The Kier molecular flexibility index (Phi) is 6.32. The Hall–Kier alpha value is -2.75. The molecule has 170 valence electrons. The number of hydrogen-bond acceptors (Lipinski definition) is 5. The Morgan fingerprint density at radius 1 is 0.938 bits per heavy atom. The first-order valence-electron chi connectivity index (χ1n) is 10.7. The molecule has 2 aromatic carbocycles. The molecule has 2 aliphatic rings. The summed E-state index contributed by atoms with van der Waals surface area (Å²) in [5, 5.41) is 5.64. The minimum absolute atomic E-state index is 0.0211. The highest BCUT2D eigenvalue weighted by Gasteiger charge is 2.39. The standard InChI is InChI=1S/C23H28N4O4S/c1-16-14-21(16)23(29)25-19-5-3-4-17(15-19)22(28)24-18-6-8-20(9-7-18)32(30,31)27-12-10-26(2)11-13-27/h3-9,15-16,21H,10-14H2,1-2H3,(H,24,28)(H,25,29). The summed E-state index contributed by atoms with van der Waals surface area (Å²) in [5.41, 5.74) is 1.48. The lowest BCUT2D eigenvalue weighted by molar-refractivity contribution is -0.117. The predicted octanol–water partition coefficient (Wildman–Crippen LogP) is 2.47. The van der Waals surface area contributed by atoms with Gasteiger partial charge in [-0.15, -0.1) is 0 Å². The van der Waals surface area contributed by atoms with E-state index in [9.17, 15) is 18.0 Å². The molecule has 2 amide bonds. The minimum Gasteiger partial charge on any atom is -0.326 e. The molecule has 0 spiro atoms. The Bertz CT molecular complexity index is 1110. The molecule has 0 radical (unpaired) electrons. The SMILES string of the molecule is CC1CC1C(=O)Nc1cccc(C(=O)Nc2ccc(S(=O)(=O)N3CCN(C)CC3)cc2)c1. The monoisotopic (exact) mass is 456 g/mol. The summed E-state index contributed by atoms with van der Waals surface area (Å²) < 4.78 is 27.2. The first-order valence-corrected chi connectivity index (χ1v) is 12.2. The predicted molar refractivity (Wildman–Crippen MR) is 123 cm³/mol. The lowest BCUT2D eigenvalue weighted by Gasteiger charge is -2.31. The summed E-state index contributed by atoms with van der Waals surface area (Å²) in [5.74, 6) is 0.0976. The van der Waals surface area contributed by atoms with Crippen LogP contribution in [0.25, 0.3) is 0 Å². The van der Waals surface area contributed by atoms with E-state index in [0.717, 1.165) is 6.42 Å². The Morgan fingerprint density at radius 2 is 1.59 bits per heavy atom. The summed E-state index contributed by atoms with van der Waals surface area (Å²) in [4.78, 5) is 27.1. The average Bonchev–Trinajstić information content (AvgIpc) is 3.51. The molecule has 0 bridgehead atoms. The fraction of sp³-hybridized carbons (Fsp3) is 0.391. The number of carbonyl (C=O) groups is 2. The van der Waals surface area contributed by atoms with Gasteiger partial charge in [-0.1, -0.05) is 13.0 Å². The molecule has 1 aliphatic carbocycles. The van der Waals surface area contributed by atoms with E-state index in [1.165, 1.54) is 16.4 Å². The number of anilines is 2. The number of nitrogens with zero attached hydrogens (tertiary/aromatic N) is 2. The second-order valence-electron chi connectivity index (χ2n) is 8.58. The van der Waals surface area contributed by atoms with Crippen molar-refractivity contribution in [2.75, 3.05) is 43.9 Å². The average molecular weight is 457 g/mol. The third kappa shape index (κ3) is 5.01. The Morgan fingerprint density at radius 3 is 2.22 bits per heavy atom. The largest absolute Gasteiger partial charge is 0.326 e. The van der Waals surface area contributed by atoms with Gasteiger partial charge in [0.15, 0.2) is 0 Å². The quantitative estimate of drug-likeness (QED) is 0.696. The van der Waals surface area contributed by atoms with Gasteiger partial charge in [0.25, 0.3) is 5.91 Å². The van der Waals surface area contributed by atoms with Gasteiger partial charge >= 0.3 is 0 Å². The number of sulfonamides is 1. The van der Waals surface area contributed by atoms with Crippen molar-refractivity contribution < 1.29 is 18.0 Å². The molecule has 1 saturated heterocycles. The molecule has 8 nitrogen and oxygen atoms in total. The van der Waals surface area contributed by atoms with Gasteiger partial charge in [0.2, 0.25) is 15.9 Å². The molecule has 2 aromatic rings. The Balaban J connectivity index is 1.39. The van der Waals surface area contributed by atoms with Gasteiger partial charge in [-0.05, 0) is 61.9 Å². The van der Waals surface area contributed by atoms with Crippen LogP contribution in [-0.4, -0.2) is 62.7 Å².